The van der Waals surface area contributed by atoms with Crippen LogP contribution in [0.15, 0.2) is 0 Å². The second-order valence-corrected chi connectivity index (χ2v) is 5.93. The number of rotatable bonds is 3. The lowest BCUT2D eigenvalue weighted by Crippen LogP contribution is -2.47. The predicted molar refractivity (Wildman–Crippen MR) is 67.4 cm³/mol. The molecular formula is C13H26N2O. The smallest absolute Gasteiger partial charge is 0.234 e. The molecule has 0 radical (unpaired) electrons. The Morgan fingerprint density at radius 2 is 1.88 bits per heavy atom. The molecule has 1 saturated heterocycles. The van der Waals surface area contributed by atoms with E-state index in [0.717, 1.165) is 19.0 Å². The summed E-state index contributed by atoms with van der Waals surface area (Å²) in [6, 6.07) is 0. The van der Waals surface area contributed by atoms with Crippen LogP contribution in [-0.4, -0.2) is 36.0 Å². The summed E-state index contributed by atoms with van der Waals surface area (Å²) in [5.74, 6) is 1.03. The molecule has 1 N–H and O–H groups in total. The van der Waals surface area contributed by atoms with E-state index in [1.54, 1.807) is 0 Å². The molecule has 0 aliphatic carbocycles. The minimum Gasteiger partial charge on any atom is -0.350 e. The molecule has 1 heterocycles. The lowest BCUT2D eigenvalue weighted by atomic mass is 9.94. The van der Waals surface area contributed by atoms with E-state index in [1.165, 1.54) is 19.3 Å². The van der Waals surface area contributed by atoms with E-state index in [9.17, 15) is 4.79 Å². The third kappa shape index (κ3) is 4.97. The molecule has 0 unspecified atom stereocenters. The van der Waals surface area contributed by atoms with Crippen molar-refractivity contribution in [3.8, 4) is 0 Å². The number of nitrogens with one attached hydrogen (secondary N) is 1. The average molecular weight is 226 g/mol. The fourth-order valence-electron chi connectivity index (χ4n) is 2.21. The van der Waals surface area contributed by atoms with Gasteiger partial charge in [0.25, 0.3) is 0 Å². The van der Waals surface area contributed by atoms with Crippen LogP contribution in [0.5, 0.6) is 0 Å². The summed E-state index contributed by atoms with van der Waals surface area (Å²) < 4.78 is 0. The number of amides is 1. The molecule has 1 rings (SSSR count). The monoisotopic (exact) mass is 226 g/mol. The van der Waals surface area contributed by atoms with Crippen molar-refractivity contribution >= 4 is 5.91 Å². The molecule has 1 amide bonds. The topological polar surface area (TPSA) is 32.3 Å². The van der Waals surface area contributed by atoms with Crippen LogP contribution in [0, 0.1) is 5.92 Å². The third-order valence-corrected chi connectivity index (χ3v) is 3.17. The van der Waals surface area contributed by atoms with Gasteiger partial charge in [0.15, 0.2) is 0 Å². The zero-order chi connectivity index (χ0) is 12.2. The van der Waals surface area contributed by atoms with Crippen LogP contribution in [0.1, 0.15) is 47.0 Å². The largest absolute Gasteiger partial charge is 0.350 e. The van der Waals surface area contributed by atoms with Crippen molar-refractivity contribution < 1.29 is 4.79 Å². The Balaban J connectivity index is 2.26. The van der Waals surface area contributed by atoms with Gasteiger partial charge in [0, 0.05) is 5.54 Å². The molecule has 1 fully saturated rings. The first-order valence-electron chi connectivity index (χ1n) is 6.44. The van der Waals surface area contributed by atoms with E-state index in [1.807, 2.05) is 20.8 Å². The third-order valence-electron chi connectivity index (χ3n) is 3.17. The van der Waals surface area contributed by atoms with Gasteiger partial charge in [-0.3, -0.25) is 9.69 Å². The van der Waals surface area contributed by atoms with Gasteiger partial charge in [0.2, 0.25) is 5.91 Å². The maximum atomic E-state index is 11.7. The molecule has 0 bridgehead atoms. The summed E-state index contributed by atoms with van der Waals surface area (Å²) in [7, 11) is 0. The lowest BCUT2D eigenvalue weighted by molar-refractivity contribution is -0.124. The van der Waals surface area contributed by atoms with Gasteiger partial charge in [0.1, 0.15) is 0 Å². The highest BCUT2D eigenvalue weighted by atomic mass is 16.2. The van der Waals surface area contributed by atoms with Crippen LogP contribution in [0.4, 0.5) is 0 Å². The van der Waals surface area contributed by atoms with Crippen molar-refractivity contribution in [1.82, 2.24) is 10.2 Å². The summed E-state index contributed by atoms with van der Waals surface area (Å²) >= 11 is 0. The fourth-order valence-corrected chi connectivity index (χ4v) is 2.21. The molecule has 1 aliphatic rings. The summed E-state index contributed by atoms with van der Waals surface area (Å²) in [4.78, 5) is 14.0. The average Bonchev–Trinajstić information content (AvgIpc) is 2.16. The number of carbonyl (C=O) groups is 1. The van der Waals surface area contributed by atoms with Gasteiger partial charge >= 0.3 is 0 Å². The normalized spacial score (nSPS) is 19.8. The Labute approximate surface area is 99.6 Å². The number of carbonyl (C=O) groups excluding carboxylic acids is 1. The zero-order valence-electron chi connectivity index (χ0n) is 11.2. The Morgan fingerprint density at radius 1 is 1.31 bits per heavy atom. The van der Waals surface area contributed by atoms with Crippen molar-refractivity contribution in [3.63, 3.8) is 0 Å². The molecular weight excluding hydrogens is 200 g/mol. The van der Waals surface area contributed by atoms with E-state index in [2.05, 4.69) is 17.1 Å². The highest BCUT2D eigenvalue weighted by molar-refractivity contribution is 5.78. The van der Waals surface area contributed by atoms with E-state index in [-0.39, 0.29) is 11.4 Å². The van der Waals surface area contributed by atoms with Crippen molar-refractivity contribution in [3.05, 3.63) is 0 Å². The van der Waals surface area contributed by atoms with Gasteiger partial charge < -0.3 is 5.32 Å². The van der Waals surface area contributed by atoms with Crippen LogP contribution in [0.2, 0.25) is 0 Å². The molecule has 0 aromatic heterocycles. The summed E-state index contributed by atoms with van der Waals surface area (Å²) in [6.07, 6.45) is 3.78. The van der Waals surface area contributed by atoms with E-state index in [0.29, 0.717) is 6.54 Å². The molecule has 16 heavy (non-hydrogen) atoms. The molecule has 0 spiro atoms. The number of likely N-dealkylation sites (tertiary alicyclic amines) is 1. The zero-order valence-corrected chi connectivity index (χ0v) is 11.2. The van der Waals surface area contributed by atoms with Crippen LogP contribution in [0.3, 0.4) is 0 Å². The molecule has 0 saturated carbocycles. The molecule has 3 nitrogen and oxygen atoms in total. The number of nitrogens with zero attached hydrogens (tertiary/aromatic N) is 1. The van der Waals surface area contributed by atoms with Gasteiger partial charge in [-0.2, -0.15) is 0 Å². The lowest BCUT2D eigenvalue weighted by Gasteiger charge is -2.31. The molecule has 94 valence electrons. The van der Waals surface area contributed by atoms with Crippen molar-refractivity contribution in [1.29, 1.82) is 0 Å². The summed E-state index contributed by atoms with van der Waals surface area (Å²) in [5.41, 5.74) is -0.112. The number of piperidine rings is 1. The van der Waals surface area contributed by atoms with Crippen LogP contribution >= 0.6 is 0 Å². The minimum absolute atomic E-state index is 0.112. The van der Waals surface area contributed by atoms with Crippen LogP contribution in [-0.2, 0) is 4.79 Å². The maximum Gasteiger partial charge on any atom is 0.234 e. The Hall–Kier alpha value is -0.570. The number of hydrogen-bond acceptors (Lipinski definition) is 2. The quantitative estimate of drug-likeness (QED) is 0.798. The second kappa shape index (κ2) is 5.67. The summed E-state index contributed by atoms with van der Waals surface area (Å²) in [6.45, 7) is 11.0. The van der Waals surface area contributed by atoms with Crippen LogP contribution in [0.25, 0.3) is 0 Å². The van der Waals surface area contributed by atoms with E-state index >= 15 is 0 Å². The highest BCUT2D eigenvalue weighted by Crippen LogP contribution is 2.19. The molecule has 3 heteroatoms. The summed E-state index contributed by atoms with van der Waals surface area (Å²) in [5, 5.41) is 3.01. The van der Waals surface area contributed by atoms with Crippen molar-refractivity contribution in [2.75, 3.05) is 19.6 Å². The van der Waals surface area contributed by atoms with Gasteiger partial charge in [-0.1, -0.05) is 13.3 Å². The van der Waals surface area contributed by atoms with Crippen LogP contribution < -0.4 is 5.32 Å². The van der Waals surface area contributed by atoms with Crippen molar-refractivity contribution in [2.45, 2.75) is 52.5 Å². The van der Waals surface area contributed by atoms with E-state index in [4.69, 9.17) is 0 Å². The maximum absolute atomic E-state index is 11.7. The molecule has 0 atom stereocenters. The molecule has 1 aliphatic heterocycles. The highest BCUT2D eigenvalue weighted by Gasteiger charge is 2.21. The standard InChI is InChI=1S/C13H26N2O/c1-5-11-6-8-15(9-7-11)10-12(16)14-13(2,3)4/h11H,5-10H2,1-4H3,(H,14,16). The SMILES string of the molecule is CCC1CCN(CC(=O)NC(C)(C)C)CC1. The first-order valence-corrected chi connectivity index (χ1v) is 6.44. The van der Waals surface area contributed by atoms with E-state index < -0.39 is 0 Å². The first-order chi connectivity index (χ1) is 7.40. The van der Waals surface area contributed by atoms with Gasteiger partial charge in [-0.25, -0.2) is 0 Å². The number of hydrogen-bond donors (Lipinski definition) is 1. The van der Waals surface area contributed by atoms with Gasteiger partial charge in [0.05, 0.1) is 6.54 Å². The fraction of sp³-hybridized carbons (Fsp3) is 0.923. The Bertz CT molecular complexity index is 225. The Morgan fingerprint density at radius 3 is 2.31 bits per heavy atom. The van der Waals surface area contributed by atoms with Gasteiger partial charge in [-0.15, -0.1) is 0 Å². The van der Waals surface area contributed by atoms with Gasteiger partial charge in [-0.05, 0) is 52.6 Å². The minimum atomic E-state index is -0.112. The first kappa shape index (κ1) is 13.5. The Kier molecular flexibility index (Phi) is 4.78. The molecule has 0 aromatic carbocycles. The van der Waals surface area contributed by atoms with Crippen molar-refractivity contribution in [2.24, 2.45) is 5.92 Å². The predicted octanol–water partition coefficient (Wildman–Crippen LogP) is 2.02. The molecule has 0 aromatic rings. The second-order valence-electron chi connectivity index (χ2n) is 5.93.